The Morgan fingerprint density at radius 1 is 1.26 bits per heavy atom. The van der Waals surface area contributed by atoms with Crippen molar-refractivity contribution in [1.29, 1.82) is 0 Å². The van der Waals surface area contributed by atoms with Crippen molar-refractivity contribution in [2.75, 3.05) is 0 Å². The second-order valence-electron chi connectivity index (χ2n) is 5.34. The highest BCUT2D eigenvalue weighted by molar-refractivity contribution is 6.31. The predicted octanol–water partition coefficient (Wildman–Crippen LogP) is 2.25. The molecule has 0 saturated carbocycles. The lowest BCUT2D eigenvalue weighted by Gasteiger charge is -2.07. The second kappa shape index (κ2) is 6.34. The summed E-state index contributed by atoms with van der Waals surface area (Å²) in [5.74, 6) is 1.07. The van der Waals surface area contributed by atoms with E-state index in [4.69, 9.17) is 11.6 Å². The molecule has 7 heteroatoms. The third-order valence-corrected chi connectivity index (χ3v) is 3.88. The summed E-state index contributed by atoms with van der Waals surface area (Å²) in [6, 6.07) is 9.26. The minimum absolute atomic E-state index is 0.118. The van der Waals surface area contributed by atoms with Gasteiger partial charge in [0.15, 0.2) is 5.82 Å². The maximum Gasteiger partial charge on any atom is 0.255 e. The Morgan fingerprint density at radius 2 is 2.04 bits per heavy atom. The molecule has 3 rings (SSSR count). The number of aromatic nitrogens is 4. The summed E-state index contributed by atoms with van der Waals surface area (Å²) in [5.41, 5.74) is 2.66. The van der Waals surface area contributed by atoms with E-state index in [0.29, 0.717) is 16.6 Å². The van der Waals surface area contributed by atoms with E-state index in [1.165, 1.54) is 0 Å². The molecule has 118 valence electrons. The zero-order valence-corrected chi connectivity index (χ0v) is 13.6. The predicted molar refractivity (Wildman–Crippen MR) is 87.3 cm³/mol. The maximum atomic E-state index is 12.1. The van der Waals surface area contributed by atoms with Crippen LogP contribution in [-0.4, -0.2) is 25.5 Å². The molecule has 0 aliphatic rings. The number of amides is 1. The zero-order valence-electron chi connectivity index (χ0n) is 12.9. The number of hydrogen-bond donors (Lipinski definition) is 1. The average Bonchev–Trinajstić information content (AvgIpc) is 2.90. The summed E-state index contributed by atoms with van der Waals surface area (Å²) < 4.78 is 1.84. The summed E-state index contributed by atoms with van der Waals surface area (Å²) in [7, 11) is 0. The highest BCUT2D eigenvalue weighted by Crippen LogP contribution is 2.15. The minimum atomic E-state index is -0.118. The van der Waals surface area contributed by atoms with Gasteiger partial charge in [-0.15, -0.1) is 10.2 Å². The van der Waals surface area contributed by atoms with Crippen LogP contribution in [0.1, 0.15) is 22.8 Å². The van der Waals surface area contributed by atoms with Crippen LogP contribution in [0.25, 0.3) is 5.78 Å². The molecule has 2 heterocycles. The van der Waals surface area contributed by atoms with Crippen molar-refractivity contribution in [2.24, 2.45) is 0 Å². The molecule has 0 unspecified atom stereocenters. The number of rotatable bonds is 4. The van der Waals surface area contributed by atoms with Crippen LogP contribution in [0, 0.1) is 13.8 Å². The van der Waals surface area contributed by atoms with E-state index in [2.05, 4.69) is 20.5 Å². The zero-order chi connectivity index (χ0) is 16.4. The standard InChI is InChI=1S/C16H16ClN5O/c1-10-7-11(2)22-14(20-21-16(22)19-10)9-18-15(23)8-12-5-3-4-6-13(12)17/h3-7H,8-9H2,1-2H3,(H,18,23). The van der Waals surface area contributed by atoms with Crippen LogP contribution >= 0.6 is 11.6 Å². The molecule has 0 atom stereocenters. The summed E-state index contributed by atoms with van der Waals surface area (Å²) >= 11 is 6.07. The molecule has 23 heavy (non-hydrogen) atoms. The van der Waals surface area contributed by atoms with Gasteiger partial charge < -0.3 is 5.32 Å². The first kappa shape index (κ1) is 15.4. The molecule has 0 fully saturated rings. The van der Waals surface area contributed by atoms with Crippen molar-refractivity contribution in [3.8, 4) is 0 Å². The molecule has 6 nitrogen and oxygen atoms in total. The molecule has 3 aromatic rings. The highest BCUT2D eigenvalue weighted by atomic mass is 35.5. The van der Waals surface area contributed by atoms with Gasteiger partial charge in [-0.05, 0) is 31.5 Å². The van der Waals surface area contributed by atoms with Crippen LogP contribution in [0.4, 0.5) is 0 Å². The van der Waals surface area contributed by atoms with Crippen molar-refractivity contribution < 1.29 is 4.79 Å². The Morgan fingerprint density at radius 3 is 2.83 bits per heavy atom. The molecule has 2 aromatic heterocycles. The molecular weight excluding hydrogens is 314 g/mol. The highest BCUT2D eigenvalue weighted by Gasteiger charge is 2.12. The second-order valence-corrected chi connectivity index (χ2v) is 5.74. The first-order valence-electron chi connectivity index (χ1n) is 7.23. The fourth-order valence-corrected chi connectivity index (χ4v) is 2.67. The molecule has 1 aromatic carbocycles. The third-order valence-electron chi connectivity index (χ3n) is 3.51. The van der Waals surface area contributed by atoms with Crippen LogP contribution in [0.15, 0.2) is 30.3 Å². The number of hydrogen-bond acceptors (Lipinski definition) is 4. The largest absolute Gasteiger partial charge is 0.348 e. The fraction of sp³-hybridized carbons (Fsp3) is 0.250. The van der Waals surface area contributed by atoms with E-state index in [1.54, 1.807) is 6.07 Å². The Balaban J connectivity index is 1.71. The van der Waals surface area contributed by atoms with Crippen LogP contribution in [0.2, 0.25) is 5.02 Å². The summed E-state index contributed by atoms with van der Waals surface area (Å²) in [5, 5.41) is 11.6. The van der Waals surface area contributed by atoms with Gasteiger partial charge in [-0.25, -0.2) is 4.98 Å². The lowest BCUT2D eigenvalue weighted by molar-refractivity contribution is -0.120. The summed E-state index contributed by atoms with van der Waals surface area (Å²) in [4.78, 5) is 16.4. The molecule has 1 N–H and O–H groups in total. The topological polar surface area (TPSA) is 72.2 Å². The van der Waals surface area contributed by atoms with Gasteiger partial charge >= 0.3 is 0 Å². The van der Waals surface area contributed by atoms with E-state index in [9.17, 15) is 4.79 Å². The van der Waals surface area contributed by atoms with Crippen LogP contribution in [-0.2, 0) is 17.8 Å². The monoisotopic (exact) mass is 329 g/mol. The number of nitrogens with zero attached hydrogens (tertiary/aromatic N) is 4. The van der Waals surface area contributed by atoms with E-state index in [-0.39, 0.29) is 18.9 Å². The SMILES string of the molecule is Cc1cc(C)n2c(CNC(=O)Cc3ccccc3Cl)nnc2n1. The molecule has 0 aliphatic heterocycles. The first-order valence-corrected chi connectivity index (χ1v) is 7.61. The van der Waals surface area contributed by atoms with Gasteiger partial charge in [-0.1, -0.05) is 29.8 Å². The normalized spacial score (nSPS) is 10.9. The average molecular weight is 330 g/mol. The molecule has 0 saturated heterocycles. The van der Waals surface area contributed by atoms with Gasteiger partial charge in [0.1, 0.15) is 0 Å². The van der Waals surface area contributed by atoms with Crippen molar-refractivity contribution in [3.05, 3.63) is 58.1 Å². The molecule has 1 amide bonds. The molecule has 0 spiro atoms. The number of halogens is 1. The van der Waals surface area contributed by atoms with Crippen molar-refractivity contribution in [2.45, 2.75) is 26.8 Å². The summed E-state index contributed by atoms with van der Waals surface area (Å²) in [6.07, 6.45) is 0.229. The van der Waals surface area contributed by atoms with Gasteiger partial charge in [0, 0.05) is 16.4 Å². The Hall–Kier alpha value is -2.47. The minimum Gasteiger partial charge on any atom is -0.348 e. The number of aryl methyl sites for hydroxylation is 2. The maximum absolute atomic E-state index is 12.1. The van der Waals surface area contributed by atoms with E-state index >= 15 is 0 Å². The van der Waals surface area contributed by atoms with Crippen molar-refractivity contribution >= 4 is 23.3 Å². The van der Waals surface area contributed by atoms with Crippen LogP contribution in [0.5, 0.6) is 0 Å². The Kier molecular flexibility index (Phi) is 4.25. The van der Waals surface area contributed by atoms with Crippen LogP contribution < -0.4 is 5.32 Å². The third kappa shape index (κ3) is 3.32. The lowest BCUT2D eigenvalue weighted by atomic mass is 10.1. The van der Waals surface area contributed by atoms with Gasteiger partial charge in [-0.2, -0.15) is 0 Å². The Labute approximate surface area is 138 Å². The lowest BCUT2D eigenvalue weighted by Crippen LogP contribution is -2.26. The van der Waals surface area contributed by atoms with E-state index < -0.39 is 0 Å². The summed E-state index contributed by atoms with van der Waals surface area (Å²) in [6.45, 7) is 4.16. The fourth-order valence-electron chi connectivity index (χ4n) is 2.47. The van der Waals surface area contributed by atoms with Crippen LogP contribution in [0.3, 0.4) is 0 Å². The Bertz CT molecular complexity index is 874. The number of carbonyl (C=O) groups is 1. The number of nitrogens with one attached hydrogen (secondary N) is 1. The molecule has 0 radical (unpaired) electrons. The van der Waals surface area contributed by atoms with Gasteiger partial charge in [0.25, 0.3) is 5.78 Å². The number of benzene rings is 1. The van der Waals surface area contributed by atoms with Gasteiger partial charge in [0.2, 0.25) is 5.91 Å². The molecule has 0 aliphatic carbocycles. The molecular formula is C16H16ClN5O. The van der Waals surface area contributed by atoms with Crippen molar-refractivity contribution in [3.63, 3.8) is 0 Å². The number of fused-ring (bicyclic) bond motifs is 1. The van der Waals surface area contributed by atoms with E-state index in [1.807, 2.05) is 42.5 Å². The van der Waals surface area contributed by atoms with Crippen molar-refractivity contribution in [1.82, 2.24) is 24.9 Å². The molecule has 0 bridgehead atoms. The first-order chi connectivity index (χ1) is 11.0. The van der Waals surface area contributed by atoms with Gasteiger partial charge in [0.05, 0.1) is 13.0 Å². The quantitative estimate of drug-likeness (QED) is 0.797. The van der Waals surface area contributed by atoms with Gasteiger partial charge in [-0.3, -0.25) is 9.20 Å². The smallest absolute Gasteiger partial charge is 0.255 e. The number of carbonyl (C=O) groups excluding carboxylic acids is 1. The van der Waals surface area contributed by atoms with E-state index in [0.717, 1.165) is 17.0 Å².